The van der Waals surface area contributed by atoms with Gasteiger partial charge in [-0.3, -0.25) is 9.79 Å². The van der Waals surface area contributed by atoms with Gasteiger partial charge in [0.2, 0.25) is 15.9 Å². The number of aliphatic imine (C=N–C) groups is 1. The Kier molecular flexibility index (Phi) is 11.1. The van der Waals surface area contributed by atoms with Crippen LogP contribution in [0, 0.1) is 12.8 Å². The zero-order valence-corrected chi connectivity index (χ0v) is 25.7. The molecule has 0 aliphatic rings. The molecule has 41 heavy (non-hydrogen) atoms. The Morgan fingerprint density at radius 2 is 1.73 bits per heavy atom. The number of sulfone groups is 1. The largest absolute Gasteiger partial charge is 0.464 e. The lowest BCUT2D eigenvalue weighted by Crippen LogP contribution is -2.49. The van der Waals surface area contributed by atoms with Crippen molar-refractivity contribution in [3.63, 3.8) is 0 Å². The van der Waals surface area contributed by atoms with Crippen molar-refractivity contribution in [3.8, 4) is 0 Å². The van der Waals surface area contributed by atoms with Gasteiger partial charge in [-0.1, -0.05) is 38.5 Å². The summed E-state index contributed by atoms with van der Waals surface area (Å²) in [7, 11) is -7.69. The molecule has 0 aliphatic heterocycles. The monoisotopic (exact) mass is 604 g/mol. The van der Waals surface area contributed by atoms with Gasteiger partial charge in [0.25, 0.3) is 0 Å². The first kappa shape index (κ1) is 32.3. The van der Waals surface area contributed by atoms with E-state index in [9.17, 15) is 21.6 Å². The second kappa shape index (κ2) is 14.1. The van der Waals surface area contributed by atoms with Gasteiger partial charge >= 0.3 is 0 Å². The number of rotatable bonds is 15. The highest BCUT2D eigenvalue weighted by atomic mass is 32.2. The van der Waals surface area contributed by atoms with E-state index < -0.39 is 31.7 Å². The lowest BCUT2D eigenvalue weighted by molar-refractivity contribution is -0.133. The lowest BCUT2D eigenvalue weighted by Gasteiger charge is -2.29. The molecule has 0 saturated heterocycles. The van der Waals surface area contributed by atoms with Crippen molar-refractivity contribution in [3.05, 3.63) is 60.4 Å². The van der Waals surface area contributed by atoms with Crippen LogP contribution in [0.25, 0.3) is 11.0 Å². The summed E-state index contributed by atoms with van der Waals surface area (Å²) in [6.45, 7) is 8.95. The molecule has 0 aliphatic carbocycles. The standard InChI is InChI=1S/C29H40N4O6S2/c1-5-16-33(19-21(2)3)29(34)26(32-41(37,38)25-12-13-27-23(18-25)14-17-39-27)7-6-15-31-28(30)20-40(35,36)24-10-8-22(4)9-11-24/h8-14,17-18,21,26,32H,5-7,15-16,19-20H2,1-4H3,(H2,30,31)/t26-/m0/s1. The second-order valence-corrected chi connectivity index (χ2v) is 14.3. The normalized spacial score (nSPS) is 13.5. The molecule has 0 fully saturated rings. The molecule has 1 aromatic heterocycles. The van der Waals surface area contributed by atoms with Gasteiger partial charge in [0.05, 0.1) is 16.1 Å². The summed E-state index contributed by atoms with van der Waals surface area (Å²) < 4.78 is 59.9. The zero-order chi connectivity index (χ0) is 30.2. The molecular formula is C29H40N4O6S2. The van der Waals surface area contributed by atoms with Gasteiger partial charge in [-0.15, -0.1) is 0 Å². The number of amides is 1. The maximum atomic E-state index is 13.6. The van der Waals surface area contributed by atoms with E-state index in [1.54, 1.807) is 29.2 Å². The fourth-order valence-electron chi connectivity index (χ4n) is 4.41. The molecule has 2 aromatic carbocycles. The number of carbonyl (C=O) groups excluding carboxylic acids is 1. The minimum atomic E-state index is -4.04. The van der Waals surface area contributed by atoms with E-state index in [1.165, 1.54) is 30.5 Å². The number of benzene rings is 2. The number of nitrogens with zero attached hydrogens (tertiary/aromatic N) is 2. The molecule has 224 valence electrons. The maximum Gasteiger partial charge on any atom is 0.241 e. The SMILES string of the molecule is CCCN(CC(C)C)C(=O)[C@H](CCCN=C(N)CS(=O)(=O)c1ccc(C)cc1)NS(=O)(=O)c1ccc2occc2c1. The van der Waals surface area contributed by atoms with Gasteiger partial charge < -0.3 is 15.1 Å². The first-order valence-corrected chi connectivity index (χ1v) is 16.8. The number of nitrogens with two attached hydrogens (primary N) is 1. The predicted molar refractivity (Wildman–Crippen MR) is 161 cm³/mol. The highest BCUT2D eigenvalue weighted by Crippen LogP contribution is 2.21. The summed E-state index contributed by atoms with van der Waals surface area (Å²) >= 11 is 0. The highest BCUT2D eigenvalue weighted by molar-refractivity contribution is 7.92. The molecule has 10 nitrogen and oxygen atoms in total. The Hall–Kier alpha value is -3.22. The van der Waals surface area contributed by atoms with E-state index >= 15 is 0 Å². The molecular weight excluding hydrogens is 564 g/mol. The minimum Gasteiger partial charge on any atom is -0.464 e. The number of hydrogen-bond acceptors (Lipinski definition) is 7. The Labute approximate surface area is 243 Å². The summed E-state index contributed by atoms with van der Waals surface area (Å²) in [6.07, 6.45) is 2.68. The number of sulfonamides is 1. The van der Waals surface area contributed by atoms with Crippen molar-refractivity contribution in [1.82, 2.24) is 9.62 Å². The van der Waals surface area contributed by atoms with Crippen molar-refractivity contribution in [1.29, 1.82) is 0 Å². The Bertz CT molecular complexity index is 1560. The number of nitrogens with one attached hydrogen (secondary N) is 1. The van der Waals surface area contributed by atoms with Gasteiger partial charge in [0.15, 0.2) is 9.84 Å². The first-order valence-electron chi connectivity index (χ1n) is 13.7. The van der Waals surface area contributed by atoms with Crippen LogP contribution in [0.1, 0.15) is 45.6 Å². The van der Waals surface area contributed by atoms with Crippen LogP contribution in [0.4, 0.5) is 0 Å². The average Bonchev–Trinajstić information content (AvgIpc) is 3.37. The fraction of sp³-hybridized carbons (Fsp3) is 0.448. The van der Waals surface area contributed by atoms with E-state index in [0.29, 0.717) is 30.5 Å². The van der Waals surface area contributed by atoms with Crippen molar-refractivity contribution < 1.29 is 26.0 Å². The quantitative estimate of drug-likeness (QED) is 0.152. The predicted octanol–water partition coefficient (Wildman–Crippen LogP) is 3.89. The van der Waals surface area contributed by atoms with E-state index in [-0.39, 0.29) is 40.4 Å². The summed E-state index contributed by atoms with van der Waals surface area (Å²) in [5.41, 5.74) is 7.44. The van der Waals surface area contributed by atoms with E-state index in [4.69, 9.17) is 10.2 Å². The Morgan fingerprint density at radius 1 is 1.05 bits per heavy atom. The smallest absolute Gasteiger partial charge is 0.241 e. The molecule has 0 unspecified atom stereocenters. The molecule has 3 aromatic rings. The van der Waals surface area contributed by atoms with Gasteiger partial charge in [-0.05, 0) is 68.5 Å². The molecule has 3 N–H and O–H groups in total. The fourth-order valence-corrected chi connectivity index (χ4v) is 6.87. The molecule has 1 amide bonds. The van der Waals surface area contributed by atoms with E-state index in [0.717, 1.165) is 12.0 Å². The summed E-state index contributed by atoms with van der Waals surface area (Å²) in [4.78, 5) is 19.7. The van der Waals surface area contributed by atoms with Crippen molar-refractivity contribution in [2.24, 2.45) is 16.6 Å². The summed E-state index contributed by atoms with van der Waals surface area (Å²) in [5, 5.41) is 0.633. The third kappa shape index (κ3) is 9.14. The van der Waals surface area contributed by atoms with E-state index in [2.05, 4.69) is 9.71 Å². The van der Waals surface area contributed by atoms with Gasteiger partial charge in [0.1, 0.15) is 23.2 Å². The molecule has 0 bridgehead atoms. The summed E-state index contributed by atoms with van der Waals surface area (Å²) in [5.74, 6) is -0.589. The van der Waals surface area contributed by atoms with Crippen LogP contribution in [0.5, 0.6) is 0 Å². The van der Waals surface area contributed by atoms with Crippen LogP contribution in [0.3, 0.4) is 0 Å². The van der Waals surface area contributed by atoms with Gasteiger partial charge in [-0.25, -0.2) is 16.8 Å². The molecule has 0 spiro atoms. The molecule has 12 heteroatoms. The van der Waals surface area contributed by atoms with Crippen LogP contribution < -0.4 is 10.5 Å². The van der Waals surface area contributed by atoms with Crippen molar-refractivity contribution in [2.45, 2.75) is 62.8 Å². The average molecular weight is 605 g/mol. The minimum absolute atomic E-state index is 0.0266. The number of carbonyl (C=O) groups is 1. The van der Waals surface area contributed by atoms with Crippen molar-refractivity contribution in [2.75, 3.05) is 25.4 Å². The van der Waals surface area contributed by atoms with Crippen LogP contribution in [0.15, 0.2) is 74.0 Å². The van der Waals surface area contributed by atoms with Gasteiger partial charge in [0, 0.05) is 25.0 Å². The number of fused-ring (bicyclic) bond motifs is 1. The number of hydrogen-bond donors (Lipinski definition) is 2. The first-order chi connectivity index (χ1) is 19.3. The topological polar surface area (TPSA) is 152 Å². The van der Waals surface area contributed by atoms with Crippen LogP contribution in [-0.4, -0.2) is 64.9 Å². The van der Waals surface area contributed by atoms with E-state index in [1.807, 2.05) is 27.7 Å². The summed E-state index contributed by atoms with van der Waals surface area (Å²) in [6, 6.07) is 11.6. The molecule has 1 heterocycles. The second-order valence-electron chi connectivity index (χ2n) is 10.6. The Balaban J connectivity index is 1.74. The maximum absolute atomic E-state index is 13.6. The van der Waals surface area contributed by atoms with Gasteiger partial charge in [-0.2, -0.15) is 4.72 Å². The third-order valence-electron chi connectivity index (χ3n) is 6.40. The van der Waals surface area contributed by atoms with Crippen LogP contribution in [-0.2, 0) is 24.7 Å². The molecule has 3 rings (SSSR count). The van der Waals surface area contributed by atoms with Crippen LogP contribution in [0.2, 0.25) is 0 Å². The number of amidine groups is 1. The molecule has 0 saturated carbocycles. The molecule has 0 radical (unpaired) electrons. The zero-order valence-electron chi connectivity index (χ0n) is 24.0. The molecule has 1 atom stereocenters. The lowest BCUT2D eigenvalue weighted by atomic mass is 10.1. The number of furan rings is 1. The third-order valence-corrected chi connectivity index (χ3v) is 9.54. The highest BCUT2D eigenvalue weighted by Gasteiger charge is 2.29. The Morgan fingerprint density at radius 3 is 2.39 bits per heavy atom. The number of aryl methyl sites for hydroxylation is 1. The van der Waals surface area contributed by atoms with Crippen LogP contribution >= 0.6 is 0 Å². The van der Waals surface area contributed by atoms with Crippen molar-refractivity contribution >= 4 is 42.6 Å².